The molecule has 1 aromatic rings. The van der Waals surface area contributed by atoms with E-state index in [-0.39, 0.29) is 13.2 Å². The van der Waals surface area contributed by atoms with Gasteiger partial charge in [-0.25, -0.2) is 0 Å². The lowest BCUT2D eigenvalue weighted by atomic mass is 10.1. The first-order chi connectivity index (χ1) is 13.6. The van der Waals surface area contributed by atoms with Crippen LogP contribution in [0.5, 0.6) is 0 Å². The van der Waals surface area contributed by atoms with Crippen LogP contribution in [-0.4, -0.2) is 66.7 Å². The summed E-state index contributed by atoms with van der Waals surface area (Å²) in [5.74, 6) is 0.360. The second-order valence-corrected chi connectivity index (χ2v) is 6.23. The molecule has 0 unspecified atom stereocenters. The standard InChI is InChI=1S/C19H27N7O2/c1-3-25(15-24-10-8-23-9-11-24)18(19(21)22-2)14-28-26(27)13-17-7-5-4-6-16(17)12-20/h1,4-7,22-23,27H,8-11,13-15,21H2,2H3/b19-18+. The SMILES string of the molecule is C#CN(CN1CCNCC1)/C(CON(O)Cc1ccccc1C#N)=C(\N)NC. The van der Waals surface area contributed by atoms with Gasteiger partial charge >= 0.3 is 0 Å². The zero-order valence-corrected chi connectivity index (χ0v) is 16.1. The van der Waals surface area contributed by atoms with Crippen molar-refractivity contribution in [3.63, 3.8) is 0 Å². The molecule has 0 atom stereocenters. The normalized spacial score (nSPS) is 15.5. The highest BCUT2D eigenvalue weighted by atomic mass is 16.9. The largest absolute Gasteiger partial charge is 0.384 e. The van der Waals surface area contributed by atoms with Crippen molar-refractivity contribution in [3.05, 3.63) is 46.9 Å². The lowest BCUT2D eigenvalue weighted by Gasteiger charge is -2.33. The van der Waals surface area contributed by atoms with Crippen LogP contribution >= 0.6 is 0 Å². The summed E-state index contributed by atoms with van der Waals surface area (Å²) < 4.78 is 0. The predicted octanol–water partition coefficient (Wildman–Crippen LogP) is -0.216. The maximum atomic E-state index is 10.1. The van der Waals surface area contributed by atoms with Gasteiger partial charge in [-0.3, -0.25) is 19.8 Å². The molecule has 0 spiro atoms. The molecule has 150 valence electrons. The van der Waals surface area contributed by atoms with Crippen molar-refractivity contribution in [2.75, 3.05) is 46.5 Å². The van der Waals surface area contributed by atoms with Crippen LogP contribution in [0.15, 0.2) is 35.8 Å². The minimum Gasteiger partial charge on any atom is -0.384 e. The predicted molar refractivity (Wildman–Crippen MR) is 105 cm³/mol. The highest BCUT2D eigenvalue weighted by molar-refractivity contribution is 5.36. The van der Waals surface area contributed by atoms with Crippen molar-refractivity contribution in [1.82, 2.24) is 25.7 Å². The topological polar surface area (TPSA) is 113 Å². The van der Waals surface area contributed by atoms with Crippen LogP contribution in [0.1, 0.15) is 11.1 Å². The lowest BCUT2D eigenvalue weighted by molar-refractivity contribution is -0.344. The van der Waals surface area contributed by atoms with Crippen molar-refractivity contribution < 1.29 is 10.0 Å². The first-order valence-electron chi connectivity index (χ1n) is 8.99. The fourth-order valence-electron chi connectivity index (χ4n) is 2.80. The summed E-state index contributed by atoms with van der Waals surface area (Å²) in [4.78, 5) is 9.30. The maximum Gasteiger partial charge on any atom is 0.119 e. The quantitative estimate of drug-likeness (QED) is 0.260. The molecule has 9 nitrogen and oxygen atoms in total. The summed E-state index contributed by atoms with van der Waals surface area (Å²) in [6.45, 7) is 4.06. The Labute approximate surface area is 165 Å². The maximum absolute atomic E-state index is 10.1. The molecule has 1 aliphatic heterocycles. The number of nitriles is 1. The average molecular weight is 385 g/mol. The van der Waals surface area contributed by atoms with Gasteiger partial charge in [0.1, 0.15) is 12.4 Å². The molecule has 0 saturated carbocycles. The van der Waals surface area contributed by atoms with Gasteiger partial charge in [0.2, 0.25) is 0 Å². The minimum atomic E-state index is -0.0335. The Morgan fingerprint density at radius 2 is 2.14 bits per heavy atom. The Morgan fingerprint density at radius 1 is 1.43 bits per heavy atom. The van der Waals surface area contributed by atoms with Gasteiger partial charge in [0.05, 0.1) is 30.5 Å². The van der Waals surface area contributed by atoms with Crippen LogP contribution in [0.2, 0.25) is 0 Å². The van der Waals surface area contributed by atoms with E-state index in [2.05, 4.69) is 27.6 Å². The number of terminal acetylenes is 1. The number of rotatable bonds is 9. The van der Waals surface area contributed by atoms with E-state index in [0.29, 0.717) is 34.5 Å². The van der Waals surface area contributed by atoms with Crippen LogP contribution in [0.4, 0.5) is 0 Å². The van der Waals surface area contributed by atoms with E-state index in [1.807, 2.05) is 0 Å². The van der Waals surface area contributed by atoms with Gasteiger partial charge in [0.25, 0.3) is 0 Å². The molecule has 5 N–H and O–H groups in total. The molecular weight excluding hydrogens is 358 g/mol. The van der Waals surface area contributed by atoms with Crippen molar-refractivity contribution in [3.8, 4) is 18.5 Å². The first kappa shape index (κ1) is 21.5. The van der Waals surface area contributed by atoms with Crippen LogP contribution in [0.3, 0.4) is 0 Å². The van der Waals surface area contributed by atoms with Gasteiger partial charge in [-0.2, -0.15) is 5.26 Å². The van der Waals surface area contributed by atoms with Crippen LogP contribution in [-0.2, 0) is 11.4 Å². The van der Waals surface area contributed by atoms with E-state index < -0.39 is 0 Å². The monoisotopic (exact) mass is 385 g/mol. The molecule has 2 rings (SSSR count). The minimum absolute atomic E-state index is 0.0321. The fraction of sp³-hybridized carbons (Fsp3) is 0.421. The number of nitrogens with zero attached hydrogens (tertiary/aromatic N) is 4. The smallest absolute Gasteiger partial charge is 0.119 e. The molecule has 1 saturated heterocycles. The summed E-state index contributed by atoms with van der Waals surface area (Å²) in [6, 6.07) is 11.7. The third-order valence-electron chi connectivity index (χ3n) is 4.41. The van der Waals surface area contributed by atoms with Gasteiger partial charge in [-0.05, 0) is 11.6 Å². The highest BCUT2D eigenvalue weighted by Crippen LogP contribution is 2.12. The summed E-state index contributed by atoms with van der Waals surface area (Å²) in [6.07, 6.45) is 5.70. The van der Waals surface area contributed by atoms with Gasteiger partial charge in [-0.15, -0.1) is 0 Å². The molecule has 1 fully saturated rings. The Kier molecular flexibility index (Phi) is 8.56. The Bertz CT molecular complexity index is 747. The molecule has 0 aliphatic carbocycles. The van der Waals surface area contributed by atoms with E-state index >= 15 is 0 Å². The molecule has 1 aliphatic rings. The second kappa shape index (κ2) is 11.1. The van der Waals surface area contributed by atoms with Crippen LogP contribution < -0.4 is 16.4 Å². The molecule has 0 radical (unpaired) electrons. The first-order valence-corrected chi connectivity index (χ1v) is 8.99. The summed E-state index contributed by atoms with van der Waals surface area (Å²) in [5.41, 5.74) is 7.72. The zero-order valence-electron chi connectivity index (χ0n) is 16.1. The number of piperazine rings is 1. The van der Waals surface area contributed by atoms with Crippen molar-refractivity contribution in [1.29, 1.82) is 5.26 Å². The molecule has 9 heteroatoms. The zero-order chi connectivity index (χ0) is 20.4. The molecule has 28 heavy (non-hydrogen) atoms. The third-order valence-corrected chi connectivity index (χ3v) is 4.41. The number of nitrogens with one attached hydrogen (secondary N) is 2. The molecule has 0 bridgehead atoms. The summed E-state index contributed by atoms with van der Waals surface area (Å²) in [7, 11) is 1.69. The number of hydrogen-bond donors (Lipinski definition) is 4. The fourth-order valence-corrected chi connectivity index (χ4v) is 2.80. The Balaban J connectivity index is 2.01. The molecular formula is C19H27N7O2. The third kappa shape index (κ3) is 6.13. The molecule has 1 heterocycles. The van der Waals surface area contributed by atoms with Crippen molar-refractivity contribution in [2.24, 2.45) is 5.73 Å². The van der Waals surface area contributed by atoms with Gasteiger partial charge in [0.15, 0.2) is 0 Å². The number of nitrogens with two attached hydrogens (primary N) is 1. The van der Waals surface area contributed by atoms with Crippen LogP contribution in [0.25, 0.3) is 0 Å². The average Bonchev–Trinajstić information content (AvgIpc) is 2.73. The molecule has 0 aromatic heterocycles. The van der Waals surface area contributed by atoms with Crippen molar-refractivity contribution in [2.45, 2.75) is 6.54 Å². The van der Waals surface area contributed by atoms with Gasteiger partial charge in [-0.1, -0.05) is 29.8 Å². The molecule has 1 aromatic carbocycles. The van der Waals surface area contributed by atoms with Gasteiger partial charge in [0, 0.05) is 39.3 Å². The second-order valence-electron chi connectivity index (χ2n) is 6.23. The van der Waals surface area contributed by atoms with E-state index in [9.17, 15) is 5.21 Å². The number of hydrogen-bond acceptors (Lipinski definition) is 9. The summed E-state index contributed by atoms with van der Waals surface area (Å²) >= 11 is 0. The highest BCUT2D eigenvalue weighted by Gasteiger charge is 2.19. The lowest BCUT2D eigenvalue weighted by Crippen LogP contribution is -2.48. The van der Waals surface area contributed by atoms with Gasteiger partial charge < -0.3 is 16.4 Å². The molecule has 0 amide bonds. The van der Waals surface area contributed by atoms with E-state index in [1.54, 1.807) is 36.2 Å². The van der Waals surface area contributed by atoms with Crippen molar-refractivity contribution >= 4 is 0 Å². The van der Waals surface area contributed by atoms with Crippen LogP contribution in [0, 0.1) is 23.8 Å². The van der Waals surface area contributed by atoms with E-state index in [4.69, 9.17) is 22.3 Å². The Hall–Kier alpha value is -2.79. The van der Waals surface area contributed by atoms with E-state index in [1.165, 1.54) is 0 Å². The summed E-state index contributed by atoms with van der Waals surface area (Å²) in [5, 5.41) is 26.1. The Morgan fingerprint density at radius 3 is 2.79 bits per heavy atom. The van der Waals surface area contributed by atoms with E-state index in [0.717, 1.165) is 26.2 Å². The number of hydroxylamine groups is 2. The number of benzene rings is 1.